The quantitative estimate of drug-likeness (QED) is 0.306. The Bertz CT molecular complexity index is 1350. The lowest BCUT2D eigenvalue weighted by Crippen LogP contribution is -2.13. The molecule has 7 heteroatoms. The lowest BCUT2D eigenvalue weighted by atomic mass is 10.1. The predicted molar refractivity (Wildman–Crippen MR) is 126 cm³/mol. The van der Waals surface area contributed by atoms with Crippen molar-refractivity contribution >= 4 is 21.8 Å². The number of methoxy groups -OCH3 is 1. The topological polar surface area (TPSA) is 48.3 Å². The van der Waals surface area contributed by atoms with Crippen molar-refractivity contribution in [2.24, 2.45) is 0 Å². The molecule has 0 amide bonds. The first-order chi connectivity index (χ1) is 15.4. The average molecular weight is 468 g/mol. The summed E-state index contributed by atoms with van der Waals surface area (Å²) in [7, 11) is -2.28. The second-order valence-corrected chi connectivity index (χ2v) is 10.2. The summed E-state index contributed by atoms with van der Waals surface area (Å²) >= 11 is 1.55. The van der Waals surface area contributed by atoms with E-state index in [2.05, 4.69) is 0 Å². The summed E-state index contributed by atoms with van der Waals surface area (Å²) in [6.07, 6.45) is 1.52. The minimum atomic E-state index is -3.91. The lowest BCUT2D eigenvalue weighted by molar-refractivity contribution is 0.414. The van der Waals surface area contributed by atoms with Gasteiger partial charge in [-0.1, -0.05) is 30.3 Å². The molecule has 0 N–H and O–H groups in total. The fourth-order valence-corrected chi connectivity index (χ4v) is 5.82. The van der Waals surface area contributed by atoms with E-state index < -0.39 is 15.8 Å². The summed E-state index contributed by atoms with van der Waals surface area (Å²) in [4.78, 5) is 0.989. The Labute approximate surface area is 191 Å². The zero-order chi connectivity index (χ0) is 22.7. The normalized spacial score (nSPS) is 11.5. The molecule has 0 atom stereocenters. The minimum absolute atomic E-state index is 0.158. The molecule has 0 saturated heterocycles. The standard InChI is InChI=1S/C25H22FNO3S2/c1-18-14-25(23-8-3-4-9-24(23)26)27(16-18)32(28,29)22-7-5-6-21(15-22)31-17-19-10-12-20(30-2)13-11-19/h3-16H,17H2,1-2H3. The molecule has 32 heavy (non-hydrogen) atoms. The monoisotopic (exact) mass is 467 g/mol. The number of halogens is 1. The number of ether oxygens (including phenoxy) is 1. The highest BCUT2D eigenvalue weighted by atomic mass is 32.2. The lowest BCUT2D eigenvalue weighted by Gasteiger charge is -2.12. The van der Waals surface area contributed by atoms with E-state index in [4.69, 9.17) is 4.74 Å². The molecule has 1 heterocycles. The van der Waals surface area contributed by atoms with Crippen molar-refractivity contribution in [3.05, 3.63) is 102 Å². The molecule has 4 aromatic rings. The highest BCUT2D eigenvalue weighted by Gasteiger charge is 2.23. The van der Waals surface area contributed by atoms with Crippen molar-refractivity contribution < 1.29 is 17.5 Å². The first-order valence-corrected chi connectivity index (χ1v) is 12.4. The van der Waals surface area contributed by atoms with Crippen LogP contribution in [0.4, 0.5) is 4.39 Å². The first kappa shape index (κ1) is 22.2. The van der Waals surface area contributed by atoms with E-state index in [0.717, 1.165) is 25.7 Å². The van der Waals surface area contributed by atoms with Crippen molar-refractivity contribution in [1.82, 2.24) is 3.97 Å². The minimum Gasteiger partial charge on any atom is -0.497 e. The van der Waals surface area contributed by atoms with Gasteiger partial charge in [-0.3, -0.25) is 0 Å². The summed E-state index contributed by atoms with van der Waals surface area (Å²) in [5, 5.41) is 0. The summed E-state index contributed by atoms with van der Waals surface area (Å²) in [5.74, 6) is 1.02. The van der Waals surface area contributed by atoms with E-state index in [1.54, 1.807) is 68.3 Å². The Balaban J connectivity index is 1.63. The van der Waals surface area contributed by atoms with Gasteiger partial charge in [-0.25, -0.2) is 16.8 Å². The molecular weight excluding hydrogens is 445 g/mol. The van der Waals surface area contributed by atoms with Gasteiger partial charge >= 0.3 is 0 Å². The number of nitrogens with zero attached hydrogens (tertiary/aromatic N) is 1. The van der Waals surface area contributed by atoms with Crippen LogP contribution >= 0.6 is 11.8 Å². The largest absolute Gasteiger partial charge is 0.497 e. The Morgan fingerprint density at radius 1 is 0.969 bits per heavy atom. The highest BCUT2D eigenvalue weighted by Crippen LogP contribution is 2.31. The van der Waals surface area contributed by atoms with E-state index in [1.165, 1.54) is 12.3 Å². The van der Waals surface area contributed by atoms with Crippen LogP contribution in [0.2, 0.25) is 0 Å². The first-order valence-electron chi connectivity index (χ1n) is 9.94. The molecule has 4 rings (SSSR count). The number of thioether (sulfide) groups is 1. The van der Waals surface area contributed by atoms with Crippen LogP contribution in [0.25, 0.3) is 11.3 Å². The summed E-state index contributed by atoms with van der Waals surface area (Å²) < 4.78 is 47.7. The Hall–Kier alpha value is -3.03. The van der Waals surface area contributed by atoms with E-state index >= 15 is 0 Å². The van der Waals surface area contributed by atoms with Gasteiger partial charge in [0.2, 0.25) is 0 Å². The Morgan fingerprint density at radius 2 is 1.72 bits per heavy atom. The SMILES string of the molecule is COc1ccc(CSc2cccc(S(=O)(=O)n3cc(C)cc3-c3ccccc3F)c2)cc1. The molecule has 0 saturated carbocycles. The van der Waals surface area contributed by atoms with Crippen LogP contribution in [0.1, 0.15) is 11.1 Å². The summed E-state index contributed by atoms with van der Waals surface area (Å²) in [6.45, 7) is 1.79. The molecule has 0 radical (unpaired) electrons. The molecule has 0 fully saturated rings. The van der Waals surface area contributed by atoms with Crippen molar-refractivity contribution in [3.63, 3.8) is 0 Å². The molecule has 0 bridgehead atoms. The molecule has 0 unspecified atom stereocenters. The molecule has 0 spiro atoms. The summed E-state index contributed by atoms with van der Waals surface area (Å²) in [5.41, 5.74) is 2.38. The molecule has 164 valence electrons. The number of aromatic nitrogens is 1. The fourth-order valence-electron chi connectivity index (χ4n) is 3.36. The third-order valence-corrected chi connectivity index (χ3v) is 7.73. The average Bonchev–Trinajstić information content (AvgIpc) is 3.21. The maximum absolute atomic E-state index is 14.4. The molecular formula is C25H22FNO3S2. The molecule has 3 aromatic carbocycles. The maximum Gasteiger partial charge on any atom is 0.268 e. The van der Waals surface area contributed by atoms with E-state index in [1.807, 2.05) is 30.3 Å². The van der Waals surface area contributed by atoms with Gasteiger partial charge in [-0.15, -0.1) is 11.8 Å². The smallest absolute Gasteiger partial charge is 0.268 e. The highest BCUT2D eigenvalue weighted by molar-refractivity contribution is 7.98. The Kier molecular flexibility index (Phi) is 6.39. The maximum atomic E-state index is 14.4. The zero-order valence-electron chi connectivity index (χ0n) is 17.7. The number of aryl methyl sites for hydroxylation is 1. The van der Waals surface area contributed by atoms with Gasteiger partial charge in [0.25, 0.3) is 10.0 Å². The van der Waals surface area contributed by atoms with Gasteiger partial charge in [0, 0.05) is 22.4 Å². The van der Waals surface area contributed by atoms with Gasteiger partial charge in [0.05, 0.1) is 17.7 Å². The molecule has 0 aliphatic heterocycles. The van der Waals surface area contributed by atoms with Gasteiger partial charge in [-0.2, -0.15) is 0 Å². The third-order valence-electron chi connectivity index (χ3n) is 5.00. The van der Waals surface area contributed by atoms with Crippen LogP contribution in [0.15, 0.2) is 94.9 Å². The van der Waals surface area contributed by atoms with Crippen LogP contribution in [0.5, 0.6) is 5.75 Å². The zero-order valence-corrected chi connectivity index (χ0v) is 19.3. The van der Waals surface area contributed by atoms with Crippen LogP contribution in [0.3, 0.4) is 0 Å². The van der Waals surface area contributed by atoms with Crippen molar-refractivity contribution in [1.29, 1.82) is 0 Å². The van der Waals surface area contributed by atoms with E-state index in [0.29, 0.717) is 11.4 Å². The Morgan fingerprint density at radius 3 is 2.44 bits per heavy atom. The second kappa shape index (κ2) is 9.22. The molecule has 0 aliphatic rings. The number of benzene rings is 3. The number of rotatable bonds is 7. The molecule has 0 aliphatic carbocycles. The number of hydrogen-bond acceptors (Lipinski definition) is 4. The van der Waals surface area contributed by atoms with Crippen LogP contribution in [0, 0.1) is 12.7 Å². The van der Waals surface area contributed by atoms with Crippen molar-refractivity contribution in [2.75, 3.05) is 7.11 Å². The number of hydrogen-bond donors (Lipinski definition) is 0. The van der Waals surface area contributed by atoms with Crippen LogP contribution in [-0.4, -0.2) is 19.5 Å². The third kappa shape index (κ3) is 4.59. The van der Waals surface area contributed by atoms with Crippen molar-refractivity contribution in [3.8, 4) is 17.0 Å². The predicted octanol–water partition coefficient (Wildman–Crippen LogP) is 6.14. The fraction of sp³-hybridized carbons (Fsp3) is 0.120. The molecule has 1 aromatic heterocycles. The second-order valence-electron chi connectivity index (χ2n) is 7.30. The van der Waals surface area contributed by atoms with Gasteiger partial charge < -0.3 is 4.74 Å². The van der Waals surface area contributed by atoms with Crippen molar-refractivity contribution in [2.45, 2.75) is 22.5 Å². The van der Waals surface area contributed by atoms with Crippen LogP contribution < -0.4 is 4.74 Å². The molecule has 4 nitrogen and oxygen atoms in total. The van der Waals surface area contributed by atoms with Gasteiger partial charge in [-0.05, 0) is 66.6 Å². The van der Waals surface area contributed by atoms with E-state index in [-0.39, 0.29) is 10.5 Å². The van der Waals surface area contributed by atoms with E-state index in [9.17, 15) is 12.8 Å². The summed E-state index contributed by atoms with van der Waals surface area (Å²) in [6, 6.07) is 22.4. The van der Waals surface area contributed by atoms with Gasteiger partial charge in [0.1, 0.15) is 11.6 Å². The van der Waals surface area contributed by atoms with Gasteiger partial charge in [0.15, 0.2) is 0 Å². The van der Waals surface area contributed by atoms with Crippen LogP contribution in [-0.2, 0) is 15.8 Å².